The lowest BCUT2D eigenvalue weighted by molar-refractivity contribution is 0.101. The van der Waals surface area contributed by atoms with Crippen LogP contribution in [0.1, 0.15) is 42.3 Å². The van der Waals surface area contributed by atoms with Gasteiger partial charge >= 0.3 is 0 Å². The molecule has 0 aromatic heterocycles. The Labute approximate surface area is 133 Å². The molecular formula is C20H21NO. The van der Waals surface area contributed by atoms with Gasteiger partial charge in [0.1, 0.15) is 0 Å². The smallest absolute Gasteiger partial charge is 0.159 e. The fraction of sp³-hybridized carbons (Fsp3) is 0.200. The van der Waals surface area contributed by atoms with Crippen molar-refractivity contribution in [1.82, 2.24) is 0 Å². The van der Waals surface area contributed by atoms with Crippen molar-refractivity contribution in [2.24, 2.45) is 4.99 Å². The number of carbonyl (C=O) groups is 1. The molecule has 0 radical (unpaired) electrons. The third-order valence-electron chi connectivity index (χ3n) is 2.97. The van der Waals surface area contributed by atoms with E-state index in [2.05, 4.69) is 23.4 Å². The Bertz CT molecular complexity index is 722. The number of aryl methyl sites for hydroxylation is 1. The first kappa shape index (κ1) is 17.4. The molecule has 112 valence electrons. The minimum Gasteiger partial charge on any atom is -0.295 e. The summed E-state index contributed by atoms with van der Waals surface area (Å²) in [4.78, 5) is 15.7. The largest absolute Gasteiger partial charge is 0.295 e. The highest BCUT2D eigenvalue weighted by atomic mass is 16.1. The predicted octanol–water partition coefficient (Wildman–Crippen LogP) is 4.66. The number of hydrogen-bond donors (Lipinski definition) is 0. The van der Waals surface area contributed by atoms with E-state index in [0.717, 1.165) is 22.4 Å². The van der Waals surface area contributed by atoms with Crippen LogP contribution in [0, 0.1) is 18.8 Å². The second-order valence-electron chi connectivity index (χ2n) is 5.01. The number of carbonyl (C=O) groups excluding carboxylic acids is 1. The molecule has 0 unspecified atom stereocenters. The van der Waals surface area contributed by atoms with E-state index in [0.29, 0.717) is 5.56 Å². The van der Waals surface area contributed by atoms with Crippen molar-refractivity contribution < 1.29 is 4.79 Å². The van der Waals surface area contributed by atoms with Crippen LogP contribution in [-0.4, -0.2) is 11.5 Å². The number of aliphatic imine (C=N–C) groups is 1. The van der Waals surface area contributed by atoms with Crippen molar-refractivity contribution in [1.29, 1.82) is 0 Å². The lowest BCUT2D eigenvalue weighted by Crippen LogP contribution is -1.94. The molecule has 2 nitrogen and oxygen atoms in total. The van der Waals surface area contributed by atoms with Crippen LogP contribution < -0.4 is 0 Å². The normalized spacial score (nSPS) is 12.0. The van der Waals surface area contributed by atoms with Crippen molar-refractivity contribution >= 4 is 11.5 Å². The Hall–Kier alpha value is -2.66. The maximum atomic E-state index is 11.4. The van der Waals surface area contributed by atoms with Crippen LogP contribution in [0.3, 0.4) is 0 Å². The van der Waals surface area contributed by atoms with E-state index in [4.69, 9.17) is 0 Å². The summed E-state index contributed by atoms with van der Waals surface area (Å²) in [7, 11) is 0. The van der Waals surface area contributed by atoms with Gasteiger partial charge in [0, 0.05) is 28.6 Å². The van der Waals surface area contributed by atoms with Crippen molar-refractivity contribution in [3.8, 4) is 11.8 Å². The first-order valence-corrected chi connectivity index (χ1v) is 7.08. The highest BCUT2D eigenvalue weighted by molar-refractivity contribution is 5.94. The van der Waals surface area contributed by atoms with Gasteiger partial charge in [-0.05, 0) is 45.4 Å². The Kier molecular flexibility index (Phi) is 6.79. The summed E-state index contributed by atoms with van der Waals surface area (Å²) in [6.07, 6.45) is 7.16. The maximum absolute atomic E-state index is 11.4. The van der Waals surface area contributed by atoms with E-state index in [9.17, 15) is 4.79 Å². The van der Waals surface area contributed by atoms with Crippen molar-refractivity contribution in [2.45, 2.75) is 27.7 Å². The molecule has 0 aliphatic heterocycles. The predicted molar refractivity (Wildman–Crippen MR) is 94.3 cm³/mol. The molecule has 0 aliphatic carbocycles. The van der Waals surface area contributed by atoms with Crippen LogP contribution in [0.15, 0.2) is 59.8 Å². The van der Waals surface area contributed by atoms with Gasteiger partial charge in [-0.2, -0.15) is 0 Å². The van der Waals surface area contributed by atoms with Crippen LogP contribution in [0.4, 0.5) is 0 Å². The molecule has 0 saturated heterocycles. The standard InChI is InChI=1S/C20H21NO/c1-6-7-8-17(4)21-14-15(2)9-11-19-13-20(18(5)22)12-10-16(19)3/h6-8,10,12-14H,1H2,2-5H3/b8-7-,15-14+,21-17+. The quantitative estimate of drug-likeness (QED) is 0.343. The van der Waals surface area contributed by atoms with Crippen molar-refractivity contribution in [3.05, 3.63) is 71.5 Å². The average molecular weight is 291 g/mol. The van der Waals surface area contributed by atoms with Crippen molar-refractivity contribution in [2.75, 3.05) is 0 Å². The van der Waals surface area contributed by atoms with E-state index in [-0.39, 0.29) is 5.78 Å². The fourth-order valence-electron chi connectivity index (χ4n) is 1.62. The fourth-order valence-corrected chi connectivity index (χ4v) is 1.62. The van der Waals surface area contributed by atoms with Gasteiger partial charge in [0.25, 0.3) is 0 Å². The second kappa shape index (κ2) is 8.59. The van der Waals surface area contributed by atoms with Crippen molar-refractivity contribution in [3.63, 3.8) is 0 Å². The highest BCUT2D eigenvalue weighted by Crippen LogP contribution is 2.11. The number of allylic oxidation sites excluding steroid dienone is 4. The molecule has 1 aromatic rings. The highest BCUT2D eigenvalue weighted by Gasteiger charge is 2.01. The zero-order chi connectivity index (χ0) is 16.5. The first-order chi connectivity index (χ1) is 10.4. The molecule has 0 aliphatic rings. The van der Waals surface area contributed by atoms with E-state index in [1.165, 1.54) is 0 Å². The summed E-state index contributed by atoms with van der Waals surface area (Å²) >= 11 is 0. The molecule has 0 atom stereocenters. The van der Waals surface area contributed by atoms with Gasteiger partial charge in [-0.1, -0.05) is 42.7 Å². The minimum atomic E-state index is 0.0459. The molecule has 0 fully saturated rings. The van der Waals surface area contributed by atoms with E-state index >= 15 is 0 Å². The molecule has 0 amide bonds. The van der Waals surface area contributed by atoms with Gasteiger partial charge in [-0.3, -0.25) is 9.79 Å². The summed E-state index contributed by atoms with van der Waals surface area (Å²) in [5, 5.41) is 0. The Morgan fingerprint density at radius 1 is 1.27 bits per heavy atom. The SMILES string of the molecule is C=C\C=C/C(C)=N/C=C(\C)C#Cc1cc(C(C)=O)ccc1C. The molecular weight excluding hydrogens is 270 g/mol. The van der Waals surface area contributed by atoms with Gasteiger partial charge in [0.15, 0.2) is 5.78 Å². The molecule has 22 heavy (non-hydrogen) atoms. The lowest BCUT2D eigenvalue weighted by Gasteiger charge is -2.00. The third-order valence-corrected chi connectivity index (χ3v) is 2.97. The van der Waals surface area contributed by atoms with E-state index in [1.807, 2.05) is 51.1 Å². The molecule has 0 N–H and O–H groups in total. The van der Waals surface area contributed by atoms with Gasteiger partial charge in [0.2, 0.25) is 0 Å². The average Bonchev–Trinajstić information content (AvgIpc) is 2.49. The monoisotopic (exact) mass is 291 g/mol. The Morgan fingerprint density at radius 2 is 2.00 bits per heavy atom. The number of rotatable bonds is 4. The molecule has 1 aromatic carbocycles. The summed E-state index contributed by atoms with van der Waals surface area (Å²) in [6, 6.07) is 5.58. The van der Waals surface area contributed by atoms with Gasteiger partial charge in [-0.15, -0.1) is 0 Å². The zero-order valence-corrected chi connectivity index (χ0v) is 13.6. The zero-order valence-electron chi connectivity index (χ0n) is 13.6. The third kappa shape index (κ3) is 5.76. The molecule has 0 heterocycles. The lowest BCUT2D eigenvalue weighted by atomic mass is 10.0. The molecule has 0 bridgehead atoms. The van der Waals surface area contributed by atoms with Crippen LogP contribution in [0.2, 0.25) is 0 Å². The first-order valence-electron chi connectivity index (χ1n) is 7.08. The van der Waals surface area contributed by atoms with E-state index in [1.54, 1.807) is 19.2 Å². The van der Waals surface area contributed by atoms with Crippen LogP contribution >= 0.6 is 0 Å². The molecule has 1 rings (SSSR count). The minimum absolute atomic E-state index is 0.0459. The summed E-state index contributed by atoms with van der Waals surface area (Å²) in [5.74, 6) is 6.21. The summed E-state index contributed by atoms with van der Waals surface area (Å²) in [6.45, 7) is 11.0. The molecule has 0 spiro atoms. The maximum Gasteiger partial charge on any atom is 0.159 e. The number of benzene rings is 1. The molecule has 0 saturated carbocycles. The summed E-state index contributed by atoms with van der Waals surface area (Å²) in [5.41, 5.74) is 4.35. The number of Topliss-reactive ketones (excluding diaryl/α,β-unsaturated/α-hetero) is 1. The Balaban J connectivity index is 2.98. The number of nitrogens with zero attached hydrogens (tertiary/aromatic N) is 1. The summed E-state index contributed by atoms with van der Waals surface area (Å²) < 4.78 is 0. The van der Waals surface area contributed by atoms with E-state index < -0.39 is 0 Å². The Morgan fingerprint density at radius 3 is 2.64 bits per heavy atom. The second-order valence-corrected chi connectivity index (χ2v) is 5.01. The molecule has 2 heteroatoms. The van der Waals surface area contributed by atoms with Gasteiger partial charge in [-0.25, -0.2) is 0 Å². The number of ketones is 1. The van der Waals surface area contributed by atoms with Crippen LogP contribution in [0.25, 0.3) is 0 Å². The van der Waals surface area contributed by atoms with Crippen LogP contribution in [-0.2, 0) is 0 Å². The number of hydrogen-bond acceptors (Lipinski definition) is 2. The van der Waals surface area contributed by atoms with Crippen LogP contribution in [0.5, 0.6) is 0 Å². The van der Waals surface area contributed by atoms with Gasteiger partial charge in [0.05, 0.1) is 0 Å². The van der Waals surface area contributed by atoms with Gasteiger partial charge < -0.3 is 0 Å². The topological polar surface area (TPSA) is 29.4 Å².